The van der Waals surface area contributed by atoms with E-state index in [1.54, 1.807) is 21.0 Å². The summed E-state index contributed by atoms with van der Waals surface area (Å²) in [7, 11) is -1.98. The van der Waals surface area contributed by atoms with Crippen LogP contribution in [0.2, 0.25) is 0 Å². The molecule has 0 amide bonds. The fourth-order valence-electron chi connectivity index (χ4n) is 2.07. The Morgan fingerprint density at radius 3 is 2.48 bits per heavy atom. The second-order valence-corrected chi connectivity index (χ2v) is 7.01. The molecule has 122 valence electrons. The molecule has 0 saturated carbocycles. The lowest BCUT2D eigenvalue weighted by Crippen LogP contribution is -2.28. The summed E-state index contributed by atoms with van der Waals surface area (Å²) in [6, 6.07) is 0.268. The number of hydrogen-bond donors (Lipinski definition) is 2. The van der Waals surface area contributed by atoms with E-state index in [0.717, 1.165) is 0 Å². The van der Waals surface area contributed by atoms with Crippen molar-refractivity contribution in [1.82, 2.24) is 10.0 Å². The van der Waals surface area contributed by atoms with Crippen molar-refractivity contribution < 1.29 is 17.6 Å². The maximum atomic E-state index is 12.5. The quantitative estimate of drug-likeness (QED) is 0.678. The molecule has 0 bridgehead atoms. The normalized spacial score (nSPS) is 12.3. The number of nitrogens with one attached hydrogen (secondary N) is 2. The van der Waals surface area contributed by atoms with Gasteiger partial charge in [0.1, 0.15) is 16.4 Å². The Bertz CT molecular complexity index is 550. The molecule has 1 rings (SSSR count). The van der Waals surface area contributed by atoms with E-state index in [0.29, 0.717) is 43.2 Å². The smallest absolute Gasteiger partial charge is 0.244 e. The van der Waals surface area contributed by atoms with E-state index in [-0.39, 0.29) is 10.9 Å². The van der Waals surface area contributed by atoms with Crippen LogP contribution in [0.1, 0.15) is 37.4 Å². The zero-order valence-electron chi connectivity index (χ0n) is 13.4. The lowest BCUT2D eigenvalue weighted by Gasteiger charge is -2.11. The Labute approximate surface area is 127 Å². The van der Waals surface area contributed by atoms with Crippen LogP contribution in [0.4, 0.5) is 0 Å². The second kappa shape index (κ2) is 7.93. The Balaban J connectivity index is 2.94. The summed E-state index contributed by atoms with van der Waals surface area (Å²) >= 11 is 0. The van der Waals surface area contributed by atoms with Gasteiger partial charge in [0.05, 0.1) is 0 Å². The first-order valence-electron chi connectivity index (χ1n) is 7.10. The summed E-state index contributed by atoms with van der Waals surface area (Å²) in [5.74, 6) is 1.06. The van der Waals surface area contributed by atoms with Crippen LogP contribution in [-0.4, -0.2) is 34.7 Å². The summed E-state index contributed by atoms with van der Waals surface area (Å²) < 4.78 is 37.9. The molecule has 21 heavy (non-hydrogen) atoms. The van der Waals surface area contributed by atoms with E-state index in [1.165, 1.54) is 0 Å². The second-order valence-electron chi connectivity index (χ2n) is 5.30. The van der Waals surface area contributed by atoms with Crippen molar-refractivity contribution in [2.45, 2.75) is 51.6 Å². The van der Waals surface area contributed by atoms with Crippen LogP contribution in [0, 0.1) is 13.8 Å². The molecule has 0 saturated heterocycles. The first kappa shape index (κ1) is 18.2. The summed E-state index contributed by atoms with van der Waals surface area (Å²) in [6.07, 6.45) is 0.630. The van der Waals surface area contributed by atoms with Gasteiger partial charge in [-0.15, -0.1) is 0 Å². The van der Waals surface area contributed by atoms with Crippen LogP contribution < -0.4 is 10.0 Å². The molecule has 1 aromatic rings. The van der Waals surface area contributed by atoms with Crippen molar-refractivity contribution >= 4 is 10.0 Å². The number of sulfonamides is 1. The number of hydrogen-bond acceptors (Lipinski definition) is 5. The minimum atomic E-state index is -3.57. The number of furan rings is 1. The summed E-state index contributed by atoms with van der Waals surface area (Å²) in [5, 5.41) is 3.23. The van der Waals surface area contributed by atoms with E-state index in [4.69, 9.17) is 9.15 Å². The molecule has 7 heteroatoms. The zero-order valence-corrected chi connectivity index (χ0v) is 14.3. The molecule has 0 spiro atoms. The van der Waals surface area contributed by atoms with Gasteiger partial charge < -0.3 is 14.5 Å². The van der Waals surface area contributed by atoms with Crippen molar-refractivity contribution in [2.24, 2.45) is 0 Å². The van der Waals surface area contributed by atoms with E-state index in [2.05, 4.69) is 10.0 Å². The van der Waals surface area contributed by atoms with Crippen molar-refractivity contribution in [2.75, 3.05) is 20.3 Å². The lowest BCUT2D eigenvalue weighted by atomic mass is 10.2. The first-order valence-corrected chi connectivity index (χ1v) is 8.58. The molecular formula is C14H26N2O4S. The standard InChI is InChI=1S/C14H26N2O4S/c1-10(2)15-9-13-11(3)20-12(4)14(13)21(17,18)16-7-6-8-19-5/h10,15-16H,6-9H2,1-5H3. The van der Waals surface area contributed by atoms with Gasteiger partial charge in [-0.05, 0) is 20.3 Å². The van der Waals surface area contributed by atoms with Crippen LogP contribution in [0.5, 0.6) is 0 Å². The highest BCUT2D eigenvalue weighted by Gasteiger charge is 2.26. The molecule has 0 aliphatic rings. The molecular weight excluding hydrogens is 292 g/mol. The predicted molar refractivity (Wildman–Crippen MR) is 81.8 cm³/mol. The molecule has 0 aromatic carbocycles. The molecule has 0 radical (unpaired) electrons. The minimum Gasteiger partial charge on any atom is -0.465 e. The average Bonchev–Trinajstić information content (AvgIpc) is 2.67. The van der Waals surface area contributed by atoms with Crippen LogP contribution in [-0.2, 0) is 21.3 Å². The van der Waals surface area contributed by atoms with Gasteiger partial charge in [0.25, 0.3) is 0 Å². The zero-order chi connectivity index (χ0) is 16.0. The van der Waals surface area contributed by atoms with Crippen molar-refractivity contribution in [3.8, 4) is 0 Å². The van der Waals surface area contributed by atoms with Gasteiger partial charge in [-0.25, -0.2) is 13.1 Å². The number of methoxy groups -OCH3 is 1. The monoisotopic (exact) mass is 318 g/mol. The highest BCUT2D eigenvalue weighted by atomic mass is 32.2. The molecule has 6 nitrogen and oxygen atoms in total. The third-order valence-corrected chi connectivity index (χ3v) is 4.75. The first-order chi connectivity index (χ1) is 9.79. The highest BCUT2D eigenvalue weighted by Crippen LogP contribution is 2.26. The molecule has 1 heterocycles. The summed E-state index contributed by atoms with van der Waals surface area (Å²) in [6.45, 7) is 8.82. The largest absolute Gasteiger partial charge is 0.465 e. The summed E-state index contributed by atoms with van der Waals surface area (Å²) in [5.41, 5.74) is 0.695. The topological polar surface area (TPSA) is 80.6 Å². The molecule has 0 atom stereocenters. The molecule has 0 unspecified atom stereocenters. The predicted octanol–water partition coefficient (Wildman–Crippen LogP) is 1.71. The third kappa shape index (κ3) is 5.10. The molecule has 2 N–H and O–H groups in total. The van der Waals surface area contributed by atoms with Crippen molar-refractivity contribution in [3.63, 3.8) is 0 Å². The summed E-state index contributed by atoms with van der Waals surface area (Å²) in [4.78, 5) is 0.255. The lowest BCUT2D eigenvalue weighted by molar-refractivity contribution is 0.196. The van der Waals surface area contributed by atoms with Gasteiger partial charge in [0.15, 0.2) is 0 Å². The third-order valence-electron chi connectivity index (χ3n) is 3.10. The van der Waals surface area contributed by atoms with Crippen LogP contribution >= 0.6 is 0 Å². The average molecular weight is 318 g/mol. The maximum absolute atomic E-state index is 12.5. The fraction of sp³-hybridized carbons (Fsp3) is 0.714. The Morgan fingerprint density at radius 2 is 1.90 bits per heavy atom. The maximum Gasteiger partial charge on any atom is 0.244 e. The molecule has 0 fully saturated rings. The minimum absolute atomic E-state index is 0.255. The van der Waals surface area contributed by atoms with Crippen LogP contribution in [0.25, 0.3) is 0 Å². The number of ether oxygens (including phenoxy) is 1. The highest BCUT2D eigenvalue weighted by molar-refractivity contribution is 7.89. The van der Waals surface area contributed by atoms with E-state index in [9.17, 15) is 8.42 Å². The fourth-order valence-corrected chi connectivity index (χ4v) is 3.59. The van der Waals surface area contributed by atoms with E-state index >= 15 is 0 Å². The Kier molecular flexibility index (Phi) is 6.86. The van der Waals surface area contributed by atoms with Gasteiger partial charge >= 0.3 is 0 Å². The van der Waals surface area contributed by atoms with Gasteiger partial charge in [-0.1, -0.05) is 13.8 Å². The SMILES string of the molecule is COCCCNS(=O)(=O)c1c(C)oc(C)c1CNC(C)C. The molecule has 1 aromatic heterocycles. The van der Waals surface area contributed by atoms with Gasteiger partial charge in [0.2, 0.25) is 10.0 Å². The van der Waals surface area contributed by atoms with Crippen molar-refractivity contribution in [1.29, 1.82) is 0 Å². The van der Waals surface area contributed by atoms with Gasteiger partial charge in [-0.3, -0.25) is 0 Å². The van der Waals surface area contributed by atoms with Gasteiger partial charge in [-0.2, -0.15) is 0 Å². The van der Waals surface area contributed by atoms with E-state index < -0.39 is 10.0 Å². The Hall–Kier alpha value is -0.890. The molecule has 0 aliphatic carbocycles. The van der Waals surface area contributed by atoms with Gasteiger partial charge in [0, 0.05) is 38.4 Å². The number of aryl methyl sites for hydroxylation is 2. The van der Waals surface area contributed by atoms with E-state index in [1.807, 2.05) is 13.8 Å². The number of rotatable bonds is 9. The van der Waals surface area contributed by atoms with Crippen LogP contribution in [0.15, 0.2) is 9.31 Å². The Morgan fingerprint density at radius 1 is 1.24 bits per heavy atom. The van der Waals surface area contributed by atoms with Crippen molar-refractivity contribution in [3.05, 3.63) is 17.1 Å². The molecule has 0 aliphatic heterocycles. The van der Waals surface area contributed by atoms with Crippen LogP contribution in [0.3, 0.4) is 0 Å².